The lowest BCUT2D eigenvalue weighted by Gasteiger charge is -2.31. The van der Waals surface area contributed by atoms with Gasteiger partial charge < -0.3 is 14.8 Å². The number of hydrogen-bond acceptors (Lipinski definition) is 4. The summed E-state index contributed by atoms with van der Waals surface area (Å²) in [6.07, 6.45) is 3.96. The predicted octanol–water partition coefficient (Wildman–Crippen LogP) is -0.198. The number of carbonyl (C=O) groups excluding carboxylic acids is 2. The molecule has 1 rings (SSSR count). The molecule has 1 unspecified atom stereocenters. The van der Waals surface area contributed by atoms with Crippen molar-refractivity contribution in [1.29, 1.82) is 0 Å². The molecule has 1 aliphatic heterocycles. The molecule has 0 spiro atoms. The molecule has 1 heterocycles. The monoisotopic (exact) mass is 228 g/mol. The number of carbonyl (C=O) groups is 2. The highest BCUT2D eigenvalue weighted by Gasteiger charge is 2.23. The smallest absolute Gasteiger partial charge is 0.234 e. The van der Waals surface area contributed by atoms with Gasteiger partial charge in [0.25, 0.3) is 0 Å². The Morgan fingerprint density at radius 3 is 3.06 bits per heavy atom. The van der Waals surface area contributed by atoms with Gasteiger partial charge in [-0.25, -0.2) is 0 Å². The number of piperidine rings is 1. The van der Waals surface area contributed by atoms with E-state index in [2.05, 4.69) is 5.32 Å². The van der Waals surface area contributed by atoms with Gasteiger partial charge in [0.05, 0.1) is 19.2 Å². The minimum atomic E-state index is -0.0816. The molecule has 0 bridgehead atoms. The predicted molar refractivity (Wildman–Crippen MR) is 60.2 cm³/mol. The van der Waals surface area contributed by atoms with E-state index in [0.29, 0.717) is 19.7 Å². The molecule has 0 aromatic heterocycles. The summed E-state index contributed by atoms with van der Waals surface area (Å²) in [6.45, 7) is 2.19. The Balaban J connectivity index is 2.27. The Kier molecular flexibility index (Phi) is 6.03. The molecule has 0 aromatic rings. The number of ether oxygens (including phenoxy) is 1. The van der Waals surface area contributed by atoms with E-state index in [1.54, 1.807) is 7.11 Å². The minimum Gasteiger partial charge on any atom is -0.383 e. The van der Waals surface area contributed by atoms with E-state index >= 15 is 0 Å². The van der Waals surface area contributed by atoms with Gasteiger partial charge in [-0.1, -0.05) is 6.42 Å². The summed E-state index contributed by atoms with van der Waals surface area (Å²) in [7, 11) is 1.60. The standard InChI is InChI=1S/C11H20N2O3/c1-16-7-5-12-11(15)8-13-6-3-2-4-10(13)9-14/h9-10H,2-8H2,1H3,(H,12,15). The first-order chi connectivity index (χ1) is 7.77. The van der Waals surface area contributed by atoms with Crippen LogP contribution in [0.2, 0.25) is 0 Å². The third kappa shape index (κ3) is 4.28. The summed E-state index contributed by atoms with van der Waals surface area (Å²) < 4.78 is 4.84. The number of nitrogens with zero attached hydrogens (tertiary/aromatic N) is 1. The fraction of sp³-hybridized carbons (Fsp3) is 0.818. The van der Waals surface area contributed by atoms with Gasteiger partial charge in [-0.2, -0.15) is 0 Å². The number of amides is 1. The average Bonchev–Trinajstić information content (AvgIpc) is 2.30. The molecular formula is C11H20N2O3. The lowest BCUT2D eigenvalue weighted by Crippen LogP contribution is -2.46. The SMILES string of the molecule is COCCNC(=O)CN1CCCCC1C=O. The summed E-state index contributed by atoms with van der Waals surface area (Å²) in [6, 6.07) is -0.0816. The molecule has 92 valence electrons. The number of likely N-dealkylation sites (tertiary alicyclic amines) is 1. The summed E-state index contributed by atoms with van der Waals surface area (Å²) in [5.41, 5.74) is 0. The summed E-state index contributed by atoms with van der Waals surface area (Å²) in [4.78, 5) is 24.3. The maximum Gasteiger partial charge on any atom is 0.234 e. The quantitative estimate of drug-likeness (QED) is 0.505. The van der Waals surface area contributed by atoms with Crippen molar-refractivity contribution in [2.45, 2.75) is 25.3 Å². The van der Waals surface area contributed by atoms with Gasteiger partial charge in [-0.05, 0) is 19.4 Å². The second kappa shape index (κ2) is 7.35. The molecule has 1 N–H and O–H groups in total. The van der Waals surface area contributed by atoms with Crippen LogP contribution in [-0.2, 0) is 14.3 Å². The number of hydrogen-bond donors (Lipinski definition) is 1. The van der Waals surface area contributed by atoms with E-state index in [0.717, 1.165) is 32.1 Å². The molecular weight excluding hydrogens is 208 g/mol. The zero-order valence-corrected chi connectivity index (χ0v) is 9.78. The molecule has 1 aliphatic rings. The van der Waals surface area contributed by atoms with Crippen LogP contribution in [0, 0.1) is 0 Å². The second-order valence-corrected chi connectivity index (χ2v) is 4.01. The Hall–Kier alpha value is -0.940. The summed E-state index contributed by atoms with van der Waals surface area (Å²) in [5, 5.41) is 2.75. The normalized spacial score (nSPS) is 21.7. The highest BCUT2D eigenvalue weighted by Crippen LogP contribution is 2.14. The van der Waals surface area contributed by atoms with Gasteiger partial charge in [0.15, 0.2) is 0 Å². The molecule has 5 heteroatoms. The van der Waals surface area contributed by atoms with Gasteiger partial charge in [0, 0.05) is 13.7 Å². The van der Waals surface area contributed by atoms with E-state index < -0.39 is 0 Å². The molecule has 5 nitrogen and oxygen atoms in total. The van der Waals surface area contributed by atoms with Crippen LogP contribution in [0.3, 0.4) is 0 Å². The molecule has 1 amide bonds. The Bertz CT molecular complexity index is 233. The highest BCUT2D eigenvalue weighted by molar-refractivity contribution is 5.78. The van der Waals surface area contributed by atoms with Crippen LogP contribution < -0.4 is 5.32 Å². The van der Waals surface area contributed by atoms with E-state index in [1.165, 1.54) is 0 Å². The van der Waals surface area contributed by atoms with Gasteiger partial charge >= 0.3 is 0 Å². The van der Waals surface area contributed by atoms with E-state index in [1.807, 2.05) is 4.90 Å². The van der Waals surface area contributed by atoms with Crippen molar-refractivity contribution in [2.24, 2.45) is 0 Å². The van der Waals surface area contributed by atoms with Crippen molar-refractivity contribution < 1.29 is 14.3 Å². The van der Waals surface area contributed by atoms with Crippen molar-refractivity contribution in [1.82, 2.24) is 10.2 Å². The zero-order chi connectivity index (χ0) is 11.8. The van der Waals surface area contributed by atoms with Gasteiger partial charge in [-0.3, -0.25) is 9.69 Å². The topological polar surface area (TPSA) is 58.6 Å². The molecule has 1 fully saturated rings. The Morgan fingerprint density at radius 1 is 1.56 bits per heavy atom. The zero-order valence-electron chi connectivity index (χ0n) is 9.78. The fourth-order valence-electron chi connectivity index (χ4n) is 1.90. The molecule has 0 aliphatic carbocycles. The largest absolute Gasteiger partial charge is 0.383 e. The molecule has 16 heavy (non-hydrogen) atoms. The second-order valence-electron chi connectivity index (χ2n) is 4.01. The third-order valence-corrected chi connectivity index (χ3v) is 2.80. The lowest BCUT2D eigenvalue weighted by atomic mass is 10.0. The molecule has 1 saturated heterocycles. The first-order valence-corrected chi connectivity index (χ1v) is 5.73. The average molecular weight is 228 g/mol. The third-order valence-electron chi connectivity index (χ3n) is 2.80. The summed E-state index contributed by atoms with van der Waals surface area (Å²) in [5.74, 6) is -0.0363. The van der Waals surface area contributed by atoms with Crippen molar-refractivity contribution in [3.8, 4) is 0 Å². The summed E-state index contributed by atoms with van der Waals surface area (Å²) >= 11 is 0. The number of methoxy groups -OCH3 is 1. The maximum absolute atomic E-state index is 11.5. The van der Waals surface area contributed by atoms with Gasteiger partial charge in [-0.15, -0.1) is 0 Å². The highest BCUT2D eigenvalue weighted by atomic mass is 16.5. The first kappa shape index (κ1) is 13.1. The maximum atomic E-state index is 11.5. The molecule has 0 saturated carbocycles. The molecule has 0 aromatic carbocycles. The van der Waals surface area contributed by atoms with Crippen LogP contribution in [0.25, 0.3) is 0 Å². The lowest BCUT2D eigenvalue weighted by molar-refractivity contribution is -0.124. The van der Waals surface area contributed by atoms with E-state index in [4.69, 9.17) is 4.74 Å². The number of aldehydes is 1. The molecule has 1 atom stereocenters. The molecule has 0 radical (unpaired) electrons. The van der Waals surface area contributed by atoms with E-state index in [9.17, 15) is 9.59 Å². The van der Waals surface area contributed by atoms with Crippen molar-refractivity contribution in [3.05, 3.63) is 0 Å². The van der Waals surface area contributed by atoms with Crippen LogP contribution in [0.15, 0.2) is 0 Å². The van der Waals surface area contributed by atoms with Crippen molar-refractivity contribution in [2.75, 3.05) is 33.4 Å². The van der Waals surface area contributed by atoms with Crippen LogP contribution in [-0.4, -0.2) is 56.5 Å². The Morgan fingerprint density at radius 2 is 2.38 bits per heavy atom. The van der Waals surface area contributed by atoms with Crippen molar-refractivity contribution in [3.63, 3.8) is 0 Å². The van der Waals surface area contributed by atoms with Crippen LogP contribution in [0.5, 0.6) is 0 Å². The van der Waals surface area contributed by atoms with Crippen LogP contribution in [0.1, 0.15) is 19.3 Å². The van der Waals surface area contributed by atoms with E-state index in [-0.39, 0.29) is 11.9 Å². The number of nitrogens with one attached hydrogen (secondary N) is 1. The van der Waals surface area contributed by atoms with Gasteiger partial charge in [0.2, 0.25) is 5.91 Å². The van der Waals surface area contributed by atoms with Crippen molar-refractivity contribution >= 4 is 12.2 Å². The van der Waals surface area contributed by atoms with Crippen LogP contribution in [0.4, 0.5) is 0 Å². The fourth-order valence-corrected chi connectivity index (χ4v) is 1.90. The van der Waals surface area contributed by atoms with Gasteiger partial charge in [0.1, 0.15) is 6.29 Å². The first-order valence-electron chi connectivity index (χ1n) is 5.73. The minimum absolute atomic E-state index is 0.0363. The van der Waals surface area contributed by atoms with Crippen LogP contribution >= 0.6 is 0 Å². The number of rotatable bonds is 6. The Labute approximate surface area is 96.1 Å².